The summed E-state index contributed by atoms with van der Waals surface area (Å²) in [6.07, 6.45) is 0. The molecule has 1 atom stereocenters. The first-order valence-corrected chi connectivity index (χ1v) is 9.39. The van der Waals surface area contributed by atoms with Gasteiger partial charge in [0, 0.05) is 6.54 Å². The van der Waals surface area contributed by atoms with Crippen molar-refractivity contribution >= 4 is 16.9 Å². The zero-order valence-corrected chi connectivity index (χ0v) is 16.2. The summed E-state index contributed by atoms with van der Waals surface area (Å²) in [6.45, 7) is 2.18. The number of fused-ring (bicyclic) bond motifs is 2. The molecule has 1 aromatic heterocycles. The minimum atomic E-state index is -0.685. The Morgan fingerprint density at radius 2 is 1.93 bits per heavy atom. The van der Waals surface area contributed by atoms with Crippen LogP contribution in [0, 0.1) is 0 Å². The number of hydrogen-bond donors (Lipinski definition) is 1. The third-order valence-corrected chi connectivity index (χ3v) is 5.02. The Balaban J connectivity index is 1.94. The number of carbonyl (C=O) groups is 1. The Morgan fingerprint density at radius 1 is 1.14 bits per heavy atom. The first-order valence-electron chi connectivity index (χ1n) is 9.39. The number of aliphatic hydroxyl groups is 1. The molecular formula is C22H21NO6. The predicted octanol–water partition coefficient (Wildman–Crippen LogP) is 2.74. The van der Waals surface area contributed by atoms with E-state index in [4.69, 9.17) is 13.9 Å². The third-order valence-electron chi connectivity index (χ3n) is 5.02. The molecule has 1 aliphatic rings. The maximum atomic E-state index is 13.3. The number of amides is 1. The smallest absolute Gasteiger partial charge is 0.290 e. The van der Waals surface area contributed by atoms with Gasteiger partial charge in [0.15, 0.2) is 16.9 Å². The average Bonchev–Trinajstić information content (AvgIpc) is 3.01. The first kappa shape index (κ1) is 19.0. The van der Waals surface area contributed by atoms with Crippen LogP contribution in [0.3, 0.4) is 0 Å². The molecule has 3 aromatic rings. The molecule has 29 heavy (non-hydrogen) atoms. The molecular weight excluding hydrogens is 374 g/mol. The number of benzene rings is 2. The molecule has 7 nitrogen and oxygen atoms in total. The van der Waals surface area contributed by atoms with Crippen LogP contribution in [-0.2, 0) is 0 Å². The van der Waals surface area contributed by atoms with Gasteiger partial charge >= 0.3 is 0 Å². The van der Waals surface area contributed by atoms with Crippen LogP contribution in [0.25, 0.3) is 11.0 Å². The maximum Gasteiger partial charge on any atom is 0.290 e. The van der Waals surface area contributed by atoms with E-state index in [0.717, 1.165) is 0 Å². The Bertz CT molecular complexity index is 1140. The van der Waals surface area contributed by atoms with E-state index in [1.165, 1.54) is 12.0 Å². The molecule has 0 spiro atoms. The molecule has 1 aliphatic heterocycles. The van der Waals surface area contributed by atoms with E-state index in [1.807, 2.05) is 6.92 Å². The number of nitrogens with zero attached hydrogens (tertiary/aromatic N) is 1. The first-order chi connectivity index (χ1) is 14.1. The summed E-state index contributed by atoms with van der Waals surface area (Å²) in [5.41, 5.74) is 1.05. The molecule has 0 saturated heterocycles. The van der Waals surface area contributed by atoms with Gasteiger partial charge in [-0.3, -0.25) is 9.59 Å². The average molecular weight is 395 g/mol. The number of carbonyl (C=O) groups excluding carboxylic acids is 1. The fraction of sp³-hybridized carbons (Fsp3) is 0.273. The molecule has 7 heteroatoms. The zero-order valence-electron chi connectivity index (χ0n) is 16.2. The Labute approximate surface area is 167 Å². The molecule has 150 valence electrons. The number of ether oxygens (including phenoxy) is 2. The zero-order chi connectivity index (χ0) is 20.5. The number of rotatable bonds is 6. The van der Waals surface area contributed by atoms with E-state index in [1.54, 1.807) is 42.5 Å². The minimum Gasteiger partial charge on any atom is -0.493 e. The Morgan fingerprint density at radius 3 is 2.66 bits per heavy atom. The lowest BCUT2D eigenvalue weighted by Crippen LogP contribution is -2.32. The van der Waals surface area contributed by atoms with Crippen LogP contribution in [-0.4, -0.2) is 42.8 Å². The van der Waals surface area contributed by atoms with Crippen LogP contribution in [0.1, 0.15) is 34.6 Å². The van der Waals surface area contributed by atoms with Crippen molar-refractivity contribution in [3.63, 3.8) is 0 Å². The SMILES string of the molecule is CCOc1ccc([C@@H]2c3c(oc4ccccc4c3=O)C(=O)N2CCO)cc1OC. The summed E-state index contributed by atoms with van der Waals surface area (Å²) >= 11 is 0. The van der Waals surface area contributed by atoms with E-state index >= 15 is 0 Å². The fourth-order valence-electron chi connectivity index (χ4n) is 3.78. The quantitative estimate of drug-likeness (QED) is 0.690. The standard InChI is InChI=1S/C22H21NO6/c1-3-28-16-9-8-13(12-17(16)27-2)19-18-20(25)14-6-4-5-7-15(14)29-21(18)22(26)23(19)10-11-24/h4-9,12,19,24H,3,10-11H2,1-2H3/t19-/m1/s1. The lowest BCUT2D eigenvalue weighted by molar-refractivity contribution is 0.0691. The monoisotopic (exact) mass is 395 g/mol. The molecule has 4 rings (SSSR count). The number of β-amino-alcohol motifs (C(OH)–C–C–N with tert-alkyl or cyclic N) is 1. The second-order valence-electron chi connectivity index (χ2n) is 6.64. The van der Waals surface area contributed by atoms with Gasteiger partial charge in [0.25, 0.3) is 5.91 Å². The second-order valence-corrected chi connectivity index (χ2v) is 6.64. The summed E-state index contributed by atoms with van der Waals surface area (Å²) in [5, 5.41) is 9.92. The lowest BCUT2D eigenvalue weighted by atomic mass is 9.98. The van der Waals surface area contributed by atoms with Gasteiger partial charge in [-0.05, 0) is 36.8 Å². The van der Waals surface area contributed by atoms with Gasteiger partial charge in [-0.2, -0.15) is 0 Å². The molecule has 0 aliphatic carbocycles. The minimum absolute atomic E-state index is 0.0139. The molecule has 0 radical (unpaired) electrons. The van der Waals surface area contributed by atoms with Crippen LogP contribution < -0.4 is 14.9 Å². The number of para-hydroxylation sites is 1. The number of hydrogen-bond acceptors (Lipinski definition) is 6. The van der Waals surface area contributed by atoms with Crippen molar-refractivity contribution in [2.75, 3.05) is 26.9 Å². The molecule has 0 unspecified atom stereocenters. The van der Waals surface area contributed by atoms with Gasteiger partial charge < -0.3 is 23.9 Å². The van der Waals surface area contributed by atoms with Crippen LogP contribution in [0.4, 0.5) is 0 Å². The van der Waals surface area contributed by atoms with E-state index in [-0.39, 0.29) is 29.9 Å². The second kappa shape index (κ2) is 7.60. The largest absolute Gasteiger partial charge is 0.493 e. The van der Waals surface area contributed by atoms with Crippen LogP contribution >= 0.6 is 0 Å². The highest BCUT2D eigenvalue weighted by atomic mass is 16.5. The summed E-state index contributed by atoms with van der Waals surface area (Å²) in [4.78, 5) is 27.7. The predicted molar refractivity (Wildman–Crippen MR) is 107 cm³/mol. The lowest BCUT2D eigenvalue weighted by Gasteiger charge is -2.25. The maximum absolute atomic E-state index is 13.3. The van der Waals surface area contributed by atoms with E-state index < -0.39 is 11.9 Å². The van der Waals surface area contributed by atoms with E-state index in [2.05, 4.69) is 0 Å². The van der Waals surface area contributed by atoms with E-state index in [0.29, 0.717) is 34.6 Å². The van der Waals surface area contributed by atoms with Gasteiger partial charge in [-0.25, -0.2) is 0 Å². The normalized spacial score (nSPS) is 15.6. The van der Waals surface area contributed by atoms with Crippen LogP contribution in [0.15, 0.2) is 51.7 Å². The van der Waals surface area contributed by atoms with Crippen molar-refractivity contribution in [3.8, 4) is 11.5 Å². The molecule has 2 aromatic carbocycles. The molecule has 1 N–H and O–H groups in total. The molecule has 2 heterocycles. The number of methoxy groups -OCH3 is 1. The van der Waals surface area contributed by atoms with E-state index in [9.17, 15) is 14.7 Å². The van der Waals surface area contributed by atoms with Crippen molar-refractivity contribution in [2.24, 2.45) is 0 Å². The van der Waals surface area contributed by atoms with Gasteiger partial charge in [0.05, 0.1) is 37.3 Å². The van der Waals surface area contributed by atoms with Gasteiger partial charge in [-0.15, -0.1) is 0 Å². The van der Waals surface area contributed by atoms with Gasteiger partial charge in [0.1, 0.15) is 5.58 Å². The molecule has 0 bridgehead atoms. The highest BCUT2D eigenvalue weighted by Crippen LogP contribution is 2.40. The molecule has 0 saturated carbocycles. The topological polar surface area (TPSA) is 89.2 Å². The van der Waals surface area contributed by atoms with Crippen molar-refractivity contribution in [1.82, 2.24) is 4.90 Å². The van der Waals surface area contributed by atoms with Crippen molar-refractivity contribution in [1.29, 1.82) is 0 Å². The Hall–Kier alpha value is -3.32. The van der Waals surface area contributed by atoms with Crippen molar-refractivity contribution in [2.45, 2.75) is 13.0 Å². The fourth-order valence-corrected chi connectivity index (χ4v) is 3.78. The summed E-state index contributed by atoms with van der Waals surface area (Å²) in [6, 6.07) is 11.4. The molecule has 1 amide bonds. The van der Waals surface area contributed by atoms with Crippen LogP contribution in [0.5, 0.6) is 11.5 Å². The van der Waals surface area contributed by atoms with Gasteiger partial charge in [0.2, 0.25) is 5.76 Å². The van der Waals surface area contributed by atoms with Crippen LogP contribution in [0.2, 0.25) is 0 Å². The highest BCUT2D eigenvalue weighted by Gasteiger charge is 2.42. The summed E-state index contributed by atoms with van der Waals surface area (Å²) in [7, 11) is 1.53. The number of aliphatic hydroxyl groups excluding tert-OH is 1. The van der Waals surface area contributed by atoms with Gasteiger partial charge in [-0.1, -0.05) is 18.2 Å². The van der Waals surface area contributed by atoms with Crippen molar-refractivity contribution in [3.05, 3.63) is 69.6 Å². The third kappa shape index (κ3) is 3.03. The Kier molecular flexibility index (Phi) is 4.98. The summed E-state index contributed by atoms with van der Waals surface area (Å²) < 4.78 is 16.8. The summed E-state index contributed by atoms with van der Waals surface area (Å²) in [5.74, 6) is 0.664. The highest BCUT2D eigenvalue weighted by molar-refractivity contribution is 5.99. The molecule has 0 fully saturated rings. The van der Waals surface area contributed by atoms with Crippen molar-refractivity contribution < 1.29 is 23.8 Å².